The first-order valence-electron chi connectivity index (χ1n) is 26.5. The fourth-order valence-corrected chi connectivity index (χ4v) is 7.76. The first kappa shape index (κ1) is 63.1. The largest absolute Gasteiger partial charge is 0.462 e. The number of hydrogen-bond donors (Lipinski definition) is 7. The van der Waals surface area contributed by atoms with E-state index in [-0.39, 0.29) is 19.4 Å². The molecule has 2 aliphatic heterocycles. The van der Waals surface area contributed by atoms with E-state index in [0.717, 1.165) is 89.9 Å². The topological polar surface area (TPSA) is 231 Å². The van der Waals surface area contributed by atoms with Crippen LogP contribution in [0.5, 0.6) is 0 Å². The van der Waals surface area contributed by atoms with Crippen molar-refractivity contribution in [1.82, 2.24) is 0 Å². The van der Waals surface area contributed by atoms with Crippen LogP contribution in [-0.2, 0) is 38.0 Å². The average molecular weight is 993 g/mol. The van der Waals surface area contributed by atoms with E-state index in [1.54, 1.807) is 0 Å². The molecular weight excluding hydrogens is 901 g/mol. The third-order valence-electron chi connectivity index (χ3n) is 12.2. The Labute approximate surface area is 419 Å². The van der Waals surface area contributed by atoms with E-state index >= 15 is 0 Å². The Kier molecular flexibility index (Phi) is 37.3. The maximum absolute atomic E-state index is 13.0. The summed E-state index contributed by atoms with van der Waals surface area (Å²) in [7, 11) is 0. The van der Waals surface area contributed by atoms with Crippen molar-refractivity contribution in [2.75, 3.05) is 26.4 Å². The molecule has 4 unspecified atom stereocenters. The quantitative estimate of drug-likeness (QED) is 0.0176. The number of rotatable bonds is 40. The molecule has 0 aliphatic carbocycles. The maximum Gasteiger partial charge on any atom is 0.306 e. The second kappa shape index (κ2) is 41.4. The minimum atomic E-state index is -1.78. The van der Waals surface area contributed by atoms with Crippen molar-refractivity contribution in [2.45, 2.75) is 235 Å². The van der Waals surface area contributed by atoms with Gasteiger partial charge in [-0.15, -0.1) is 0 Å². The third kappa shape index (κ3) is 28.8. The predicted octanol–water partition coefficient (Wildman–Crippen LogP) is 7.82. The summed E-state index contributed by atoms with van der Waals surface area (Å²) < 4.78 is 33.5. The molecule has 0 aromatic rings. The highest BCUT2D eigenvalue weighted by atomic mass is 16.7. The Morgan fingerprint density at radius 2 is 0.857 bits per heavy atom. The van der Waals surface area contributed by atoms with Crippen LogP contribution in [-0.4, -0.2) is 142 Å². The van der Waals surface area contributed by atoms with E-state index in [9.17, 15) is 45.3 Å². The number of allylic oxidation sites excluding steroid dienone is 12. The summed E-state index contributed by atoms with van der Waals surface area (Å²) >= 11 is 0. The summed E-state index contributed by atoms with van der Waals surface area (Å²) in [6.45, 7) is 2.47. The Morgan fingerprint density at radius 1 is 0.457 bits per heavy atom. The van der Waals surface area contributed by atoms with Crippen molar-refractivity contribution in [3.8, 4) is 0 Å². The normalized spacial score (nSPS) is 26.0. The van der Waals surface area contributed by atoms with Crippen LogP contribution in [0.3, 0.4) is 0 Å². The van der Waals surface area contributed by atoms with E-state index in [4.69, 9.17) is 28.4 Å². The smallest absolute Gasteiger partial charge is 0.306 e. The summed E-state index contributed by atoms with van der Waals surface area (Å²) in [5, 5.41) is 72.1. The molecule has 2 heterocycles. The van der Waals surface area contributed by atoms with Gasteiger partial charge in [0.05, 0.1) is 19.8 Å². The molecule has 2 fully saturated rings. The number of ether oxygens (including phenoxy) is 6. The van der Waals surface area contributed by atoms with Crippen LogP contribution in [0.15, 0.2) is 72.9 Å². The zero-order chi connectivity index (χ0) is 51.0. The van der Waals surface area contributed by atoms with Crippen LogP contribution in [0.2, 0.25) is 0 Å². The molecule has 2 saturated heterocycles. The molecule has 0 aromatic carbocycles. The van der Waals surface area contributed by atoms with Gasteiger partial charge in [0, 0.05) is 12.8 Å². The number of carbonyl (C=O) groups excluding carboxylic acids is 2. The second-order valence-electron chi connectivity index (χ2n) is 18.3. The molecule has 11 atom stereocenters. The number of aliphatic hydroxyl groups is 7. The second-order valence-corrected chi connectivity index (χ2v) is 18.3. The monoisotopic (exact) mass is 993 g/mol. The fraction of sp³-hybridized carbons (Fsp3) is 0.745. The lowest BCUT2D eigenvalue weighted by atomic mass is 9.98. The highest BCUT2D eigenvalue weighted by molar-refractivity contribution is 5.70. The van der Waals surface area contributed by atoms with Crippen molar-refractivity contribution >= 4 is 11.9 Å². The molecule has 70 heavy (non-hydrogen) atoms. The van der Waals surface area contributed by atoms with E-state index < -0.39 is 99.3 Å². The summed E-state index contributed by atoms with van der Waals surface area (Å²) in [5.74, 6) is -0.982. The van der Waals surface area contributed by atoms with Crippen LogP contribution in [0.1, 0.15) is 168 Å². The van der Waals surface area contributed by atoms with Crippen LogP contribution >= 0.6 is 0 Å². The van der Waals surface area contributed by atoms with Crippen LogP contribution in [0, 0.1) is 0 Å². The van der Waals surface area contributed by atoms with Gasteiger partial charge in [0.25, 0.3) is 0 Å². The van der Waals surface area contributed by atoms with Crippen molar-refractivity contribution in [3.63, 3.8) is 0 Å². The van der Waals surface area contributed by atoms with E-state index in [0.29, 0.717) is 12.8 Å². The lowest BCUT2D eigenvalue weighted by molar-refractivity contribution is -0.332. The van der Waals surface area contributed by atoms with Crippen LogP contribution in [0.25, 0.3) is 0 Å². The van der Waals surface area contributed by atoms with Crippen molar-refractivity contribution in [2.24, 2.45) is 0 Å². The van der Waals surface area contributed by atoms with Gasteiger partial charge in [0.1, 0.15) is 55.4 Å². The Hall–Kier alpha value is -3.06. The molecule has 0 saturated carbocycles. The molecule has 0 aromatic heterocycles. The van der Waals surface area contributed by atoms with Gasteiger partial charge in [-0.1, -0.05) is 138 Å². The zero-order valence-electron chi connectivity index (χ0n) is 42.5. The number of aliphatic hydroxyl groups excluding tert-OH is 7. The van der Waals surface area contributed by atoms with Crippen LogP contribution in [0.4, 0.5) is 0 Å². The molecule has 0 radical (unpaired) electrons. The van der Waals surface area contributed by atoms with Crippen LogP contribution < -0.4 is 0 Å². The molecule has 0 bridgehead atoms. The number of carbonyl (C=O) groups is 2. The Balaban J connectivity index is 1.83. The molecule has 0 spiro atoms. The van der Waals surface area contributed by atoms with Gasteiger partial charge in [-0.2, -0.15) is 0 Å². The summed E-state index contributed by atoms with van der Waals surface area (Å²) in [6, 6.07) is 0. The van der Waals surface area contributed by atoms with E-state index in [1.165, 1.54) is 38.5 Å². The van der Waals surface area contributed by atoms with Crippen molar-refractivity contribution in [3.05, 3.63) is 72.9 Å². The molecule has 402 valence electrons. The molecule has 2 aliphatic rings. The number of hydrogen-bond acceptors (Lipinski definition) is 15. The minimum absolute atomic E-state index is 0.121. The summed E-state index contributed by atoms with van der Waals surface area (Å²) in [5.41, 5.74) is 0. The number of unbranched alkanes of at least 4 members (excludes halogenated alkanes) is 14. The van der Waals surface area contributed by atoms with Gasteiger partial charge in [-0.25, -0.2) is 0 Å². The van der Waals surface area contributed by atoms with E-state index in [2.05, 4.69) is 86.8 Å². The highest BCUT2D eigenvalue weighted by Gasteiger charge is 2.47. The number of esters is 2. The van der Waals surface area contributed by atoms with Gasteiger partial charge < -0.3 is 64.2 Å². The Bertz CT molecular complexity index is 1490. The standard InChI is InChI=1S/C55H92O15/c1-3-5-7-9-11-13-15-17-19-20-21-22-24-26-28-30-32-34-36-38-47(58)68-43(40-65-46(57)37-35-33-31-29-27-25-23-18-16-14-12-10-8-6-4-2)41-66-54-53(64)51(62)49(60)45(70-54)42-67-55-52(63)50(61)48(59)44(39-56)69-55/h11-14,17-19,21-23,26,28,43-45,48-56,59-64H,3-10,15-16,20,24-25,27,29-42H2,1-2H3/b13-11+,14-12+,19-17+,22-21+,23-18+,28-26+/t43-,44+,45+,48-,49-,50?,51?,52?,53?,54+,55+/m1/s1. The van der Waals surface area contributed by atoms with E-state index in [1.807, 2.05) is 0 Å². The molecule has 15 nitrogen and oxygen atoms in total. The van der Waals surface area contributed by atoms with Crippen molar-refractivity contribution in [1.29, 1.82) is 0 Å². The van der Waals surface area contributed by atoms with Gasteiger partial charge in [-0.05, 0) is 89.9 Å². The average Bonchev–Trinajstić information content (AvgIpc) is 3.35. The lowest BCUT2D eigenvalue weighted by Crippen LogP contribution is -2.61. The SMILES string of the molecule is CCCCC/C=C/C/C=C/C/C=C/C/C=C/CCCCCC(=O)O[C@H](COC(=O)CCCCCCC/C=C/C/C=C/CCCCC)CO[C@H]1O[C@@H](CO[C@H]2O[C@@H](CO)[C@@H](O)C(O)C2O)[C@@H](O)C(O)C1O. The summed E-state index contributed by atoms with van der Waals surface area (Å²) in [6.07, 6.45) is 32.1. The highest BCUT2D eigenvalue weighted by Crippen LogP contribution is 2.26. The molecule has 0 amide bonds. The first-order chi connectivity index (χ1) is 34.0. The van der Waals surface area contributed by atoms with Gasteiger partial charge in [-0.3, -0.25) is 9.59 Å². The maximum atomic E-state index is 13.0. The molecule has 7 N–H and O–H groups in total. The van der Waals surface area contributed by atoms with Gasteiger partial charge in [0.15, 0.2) is 18.7 Å². The van der Waals surface area contributed by atoms with Gasteiger partial charge >= 0.3 is 11.9 Å². The molecule has 15 heteroatoms. The van der Waals surface area contributed by atoms with Crippen molar-refractivity contribution < 1.29 is 73.8 Å². The first-order valence-corrected chi connectivity index (χ1v) is 26.5. The fourth-order valence-electron chi connectivity index (χ4n) is 7.76. The Morgan fingerprint density at radius 3 is 1.36 bits per heavy atom. The zero-order valence-corrected chi connectivity index (χ0v) is 42.5. The minimum Gasteiger partial charge on any atom is -0.462 e. The third-order valence-corrected chi connectivity index (χ3v) is 12.2. The lowest BCUT2D eigenvalue weighted by Gasteiger charge is -2.42. The van der Waals surface area contributed by atoms with Gasteiger partial charge in [0.2, 0.25) is 0 Å². The molecular formula is C55H92O15. The predicted molar refractivity (Wildman–Crippen MR) is 270 cm³/mol. The molecule has 2 rings (SSSR count). The summed E-state index contributed by atoms with van der Waals surface area (Å²) in [4.78, 5) is 25.8.